The fourth-order valence-corrected chi connectivity index (χ4v) is 2.64. The minimum Gasteiger partial charge on any atom is -0.469 e. The van der Waals surface area contributed by atoms with Gasteiger partial charge in [0.2, 0.25) is 0 Å². The summed E-state index contributed by atoms with van der Waals surface area (Å²) in [5.74, 6) is -1.13. The van der Waals surface area contributed by atoms with Gasteiger partial charge >= 0.3 is 5.97 Å². The lowest BCUT2D eigenvalue weighted by molar-refractivity contribution is -0.146. The van der Waals surface area contributed by atoms with Gasteiger partial charge < -0.3 is 4.74 Å². The average molecular weight is 264 g/mol. The van der Waals surface area contributed by atoms with Crippen LogP contribution in [-0.2, 0) is 9.53 Å². The van der Waals surface area contributed by atoms with Gasteiger partial charge in [-0.25, -0.2) is 4.39 Å². The van der Waals surface area contributed by atoms with E-state index in [1.807, 2.05) is 0 Å². The van der Waals surface area contributed by atoms with Gasteiger partial charge in [0.15, 0.2) is 5.78 Å². The van der Waals surface area contributed by atoms with Crippen LogP contribution < -0.4 is 0 Å². The minimum atomic E-state index is -0.470. The molecule has 1 aliphatic carbocycles. The molecule has 2 rings (SSSR count). The van der Waals surface area contributed by atoms with Gasteiger partial charge in [0.05, 0.1) is 18.6 Å². The van der Waals surface area contributed by atoms with Crippen LogP contribution in [0.3, 0.4) is 0 Å². The quantitative estimate of drug-likeness (QED) is 0.622. The highest BCUT2D eigenvalue weighted by Gasteiger charge is 2.31. The lowest BCUT2D eigenvalue weighted by Gasteiger charge is -2.26. The Morgan fingerprint density at radius 3 is 2.26 bits per heavy atom. The van der Waals surface area contributed by atoms with Crippen molar-refractivity contribution in [1.29, 1.82) is 0 Å². The highest BCUT2D eigenvalue weighted by atomic mass is 19.1. The van der Waals surface area contributed by atoms with E-state index in [-0.39, 0.29) is 29.2 Å². The zero-order valence-electron chi connectivity index (χ0n) is 10.9. The molecule has 0 bridgehead atoms. The molecule has 3 nitrogen and oxygen atoms in total. The first-order chi connectivity index (χ1) is 9.13. The molecule has 0 saturated heterocycles. The number of hydrogen-bond donors (Lipinski definition) is 0. The summed E-state index contributed by atoms with van der Waals surface area (Å²) in [6, 6.07) is 6.05. The smallest absolute Gasteiger partial charge is 0.308 e. The molecule has 1 aromatic carbocycles. The van der Waals surface area contributed by atoms with Gasteiger partial charge in [-0.05, 0) is 37.8 Å². The Morgan fingerprint density at radius 1 is 1.11 bits per heavy atom. The van der Waals surface area contributed by atoms with E-state index in [1.54, 1.807) is 12.1 Å². The summed E-state index contributed by atoms with van der Waals surface area (Å²) in [5, 5.41) is 0. The Labute approximate surface area is 111 Å². The summed E-state index contributed by atoms with van der Waals surface area (Å²) in [5.41, 5.74) is 0.156. The highest BCUT2D eigenvalue weighted by Crippen LogP contribution is 2.32. The van der Waals surface area contributed by atoms with Crippen LogP contribution in [0.15, 0.2) is 24.3 Å². The first-order valence-electron chi connectivity index (χ1n) is 6.50. The number of halogens is 1. The Kier molecular flexibility index (Phi) is 4.30. The Balaban J connectivity index is 2.00. The third-order valence-electron chi connectivity index (χ3n) is 3.77. The molecule has 0 aliphatic heterocycles. The third kappa shape index (κ3) is 3.00. The lowest BCUT2D eigenvalue weighted by atomic mass is 9.78. The van der Waals surface area contributed by atoms with Crippen molar-refractivity contribution in [2.75, 3.05) is 7.11 Å². The summed E-state index contributed by atoms with van der Waals surface area (Å²) >= 11 is 0. The number of rotatable bonds is 3. The fraction of sp³-hybridized carbons (Fsp3) is 0.467. The maximum absolute atomic E-state index is 13.6. The molecule has 0 N–H and O–H groups in total. The number of Topliss-reactive ketones (excluding diaryl/α,β-unsaturated/α-hetero) is 1. The molecular formula is C15H17FO3. The number of methoxy groups -OCH3 is 1. The molecule has 0 atom stereocenters. The summed E-state index contributed by atoms with van der Waals surface area (Å²) in [4.78, 5) is 23.6. The molecule has 4 heteroatoms. The van der Waals surface area contributed by atoms with Gasteiger partial charge in [0.1, 0.15) is 5.82 Å². The summed E-state index contributed by atoms with van der Waals surface area (Å²) < 4.78 is 18.3. The van der Waals surface area contributed by atoms with Crippen LogP contribution in [0.5, 0.6) is 0 Å². The Hall–Kier alpha value is -1.71. The topological polar surface area (TPSA) is 43.4 Å². The van der Waals surface area contributed by atoms with Gasteiger partial charge in [0, 0.05) is 5.92 Å². The van der Waals surface area contributed by atoms with Gasteiger partial charge in [-0.1, -0.05) is 12.1 Å². The monoisotopic (exact) mass is 264 g/mol. The molecular weight excluding hydrogens is 247 g/mol. The second kappa shape index (κ2) is 5.95. The molecule has 0 aromatic heterocycles. The zero-order valence-corrected chi connectivity index (χ0v) is 10.9. The molecule has 1 aliphatic rings. The molecule has 0 spiro atoms. The highest BCUT2D eigenvalue weighted by molar-refractivity contribution is 5.98. The SMILES string of the molecule is COC(=O)[C@H]1CC[C@H](C(=O)c2ccccc2F)CC1. The zero-order chi connectivity index (χ0) is 13.8. The van der Waals surface area contributed by atoms with Gasteiger partial charge in [-0.3, -0.25) is 9.59 Å². The van der Waals surface area contributed by atoms with Crippen molar-refractivity contribution >= 4 is 11.8 Å². The van der Waals surface area contributed by atoms with E-state index in [2.05, 4.69) is 0 Å². The summed E-state index contributed by atoms with van der Waals surface area (Å²) in [7, 11) is 1.37. The Bertz CT molecular complexity index is 476. The molecule has 1 saturated carbocycles. The van der Waals surface area contributed by atoms with Crippen molar-refractivity contribution in [1.82, 2.24) is 0 Å². The van der Waals surface area contributed by atoms with Gasteiger partial charge in [-0.2, -0.15) is 0 Å². The molecule has 0 unspecified atom stereocenters. The predicted molar refractivity (Wildman–Crippen MR) is 68.2 cm³/mol. The summed E-state index contributed by atoms with van der Waals surface area (Å²) in [6.07, 6.45) is 2.51. The number of ether oxygens (including phenoxy) is 1. The molecule has 0 amide bonds. The van der Waals surface area contributed by atoms with E-state index in [9.17, 15) is 14.0 Å². The molecule has 0 heterocycles. The first kappa shape index (κ1) is 13.7. The first-order valence-corrected chi connectivity index (χ1v) is 6.50. The van der Waals surface area contributed by atoms with Crippen LogP contribution in [0.2, 0.25) is 0 Å². The normalized spacial score (nSPS) is 22.8. The van der Waals surface area contributed by atoms with Crippen LogP contribution in [0.4, 0.5) is 4.39 Å². The molecule has 19 heavy (non-hydrogen) atoms. The second-order valence-corrected chi connectivity index (χ2v) is 4.92. The number of hydrogen-bond acceptors (Lipinski definition) is 3. The average Bonchev–Trinajstić information content (AvgIpc) is 2.46. The van der Waals surface area contributed by atoms with Crippen LogP contribution >= 0.6 is 0 Å². The van der Waals surface area contributed by atoms with E-state index in [0.717, 1.165) is 0 Å². The number of esters is 1. The van der Waals surface area contributed by atoms with Crippen LogP contribution in [0.1, 0.15) is 36.0 Å². The number of benzene rings is 1. The largest absolute Gasteiger partial charge is 0.469 e. The number of carbonyl (C=O) groups is 2. The lowest BCUT2D eigenvalue weighted by Crippen LogP contribution is -2.27. The molecule has 1 fully saturated rings. The predicted octanol–water partition coefficient (Wildman–Crippen LogP) is 2.99. The standard InChI is InChI=1S/C15H17FO3/c1-19-15(18)11-8-6-10(7-9-11)14(17)12-4-2-3-5-13(12)16/h2-5,10-11H,6-9H2,1H3/t10-,11-. The fourth-order valence-electron chi connectivity index (χ4n) is 2.64. The van der Waals surface area contributed by atoms with E-state index in [0.29, 0.717) is 25.7 Å². The maximum Gasteiger partial charge on any atom is 0.308 e. The van der Waals surface area contributed by atoms with E-state index >= 15 is 0 Å². The second-order valence-electron chi connectivity index (χ2n) is 4.92. The number of carbonyl (C=O) groups excluding carboxylic acids is 2. The van der Waals surface area contributed by atoms with Crippen molar-refractivity contribution in [3.8, 4) is 0 Å². The minimum absolute atomic E-state index is 0.116. The van der Waals surface area contributed by atoms with Crippen LogP contribution in [-0.4, -0.2) is 18.9 Å². The van der Waals surface area contributed by atoms with E-state index in [1.165, 1.54) is 19.2 Å². The van der Waals surface area contributed by atoms with Gasteiger partial charge in [0.25, 0.3) is 0 Å². The van der Waals surface area contributed by atoms with Crippen molar-refractivity contribution < 1.29 is 18.7 Å². The molecule has 0 radical (unpaired) electrons. The van der Waals surface area contributed by atoms with Crippen molar-refractivity contribution in [3.63, 3.8) is 0 Å². The van der Waals surface area contributed by atoms with Crippen molar-refractivity contribution in [2.24, 2.45) is 11.8 Å². The van der Waals surface area contributed by atoms with E-state index in [4.69, 9.17) is 4.74 Å². The van der Waals surface area contributed by atoms with Crippen molar-refractivity contribution in [2.45, 2.75) is 25.7 Å². The third-order valence-corrected chi connectivity index (χ3v) is 3.77. The maximum atomic E-state index is 13.6. The molecule has 102 valence electrons. The van der Waals surface area contributed by atoms with Gasteiger partial charge in [-0.15, -0.1) is 0 Å². The van der Waals surface area contributed by atoms with Crippen LogP contribution in [0, 0.1) is 17.7 Å². The Morgan fingerprint density at radius 2 is 1.68 bits per heavy atom. The van der Waals surface area contributed by atoms with E-state index < -0.39 is 5.82 Å². The molecule has 1 aromatic rings. The number of ketones is 1. The van der Waals surface area contributed by atoms with Crippen molar-refractivity contribution in [3.05, 3.63) is 35.6 Å². The van der Waals surface area contributed by atoms with Crippen LogP contribution in [0.25, 0.3) is 0 Å². The summed E-state index contributed by atoms with van der Waals surface area (Å²) in [6.45, 7) is 0.